The summed E-state index contributed by atoms with van der Waals surface area (Å²) in [4.78, 5) is 20.9. The zero-order chi connectivity index (χ0) is 23.6. The zero-order valence-electron chi connectivity index (χ0n) is 19.6. The number of hydrogen-bond acceptors (Lipinski definition) is 4. The molecule has 8 rings (SSSR count). The Hall–Kier alpha value is -3.38. The molecule has 6 nitrogen and oxygen atoms in total. The highest BCUT2D eigenvalue weighted by molar-refractivity contribution is 5.84. The number of nitrogens with zero attached hydrogens (tertiary/aromatic N) is 2. The molecule has 0 amide bonds. The lowest BCUT2D eigenvalue weighted by Crippen LogP contribution is -2.52. The summed E-state index contributed by atoms with van der Waals surface area (Å²) in [7, 11) is 0. The van der Waals surface area contributed by atoms with E-state index in [0.29, 0.717) is 12.2 Å². The first kappa shape index (κ1) is 20.9. The fourth-order valence-corrected chi connectivity index (χ4v) is 6.96. The average Bonchev–Trinajstić information content (AvgIpc) is 3.63. The van der Waals surface area contributed by atoms with Gasteiger partial charge >= 0.3 is 5.97 Å². The molecule has 0 saturated heterocycles. The molecule has 2 bridgehead atoms. The molecule has 2 N–H and O–H groups in total. The van der Waals surface area contributed by atoms with Crippen LogP contribution in [0.15, 0.2) is 67.3 Å². The Morgan fingerprint density at radius 1 is 1.11 bits per heavy atom. The van der Waals surface area contributed by atoms with Gasteiger partial charge in [-0.2, -0.15) is 0 Å². The Labute approximate surface area is 204 Å². The minimum Gasteiger partial charge on any atom is -0.426 e. The predicted octanol–water partition coefficient (Wildman–Crippen LogP) is 5.63. The van der Waals surface area contributed by atoms with Crippen LogP contribution in [0.4, 0.5) is 0 Å². The van der Waals surface area contributed by atoms with E-state index in [1.54, 1.807) is 0 Å². The fourth-order valence-electron chi connectivity index (χ4n) is 6.96. The van der Waals surface area contributed by atoms with E-state index in [9.17, 15) is 9.90 Å². The second-order valence-corrected chi connectivity index (χ2v) is 10.8. The Kier molecular flexibility index (Phi) is 4.52. The number of aromatic amines is 1. The van der Waals surface area contributed by atoms with Gasteiger partial charge in [-0.3, -0.25) is 4.79 Å². The van der Waals surface area contributed by atoms with Crippen LogP contribution >= 0.6 is 0 Å². The molecule has 4 aromatic rings. The first-order valence-corrected chi connectivity index (χ1v) is 12.7. The van der Waals surface area contributed by atoms with Crippen LogP contribution in [0.5, 0.6) is 5.75 Å². The van der Waals surface area contributed by atoms with Crippen LogP contribution in [0, 0.1) is 10.8 Å². The molecule has 2 aromatic heterocycles. The van der Waals surface area contributed by atoms with E-state index in [1.165, 1.54) is 11.1 Å². The maximum atomic E-state index is 13.3. The normalized spacial score (nSPS) is 27.5. The van der Waals surface area contributed by atoms with Crippen LogP contribution in [0.3, 0.4) is 0 Å². The van der Waals surface area contributed by atoms with Gasteiger partial charge in [-0.05, 0) is 79.5 Å². The minimum absolute atomic E-state index is 0.106. The molecular weight excluding hydrogens is 438 g/mol. The summed E-state index contributed by atoms with van der Waals surface area (Å²) in [5.41, 5.74) is 4.03. The molecule has 35 heavy (non-hydrogen) atoms. The maximum Gasteiger partial charge on any atom is 0.317 e. The Balaban J connectivity index is 1.06. The molecule has 0 radical (unpaired) electrons. The van der Waals surface area contributed by atoms with Gasteiger partial charge in [0, 0.05) is 23.3 Å². The van der Waals surface area contributed by atoms with Gasteiger partial charge in [0.15, 0.2) is 0 Å². The van der Waals surface area contributed by atoms with Gasteiger partial charge in [0.1, 0.15) is 5.75 Å². The van der Waals surface area contributed by atoms with Crippen molar-refractivity contribution in [3.8, 4) is 17.0 Å². The molecule has 3 aliphatic carbocycles. The average molecular weight is 468 g/mol. The van der Waals surface area contributed by atoms with Crippen molar-refractivity contribution in [2.24, 2.45) is 10.8 Å². The summed E-state index contributed by atoms with van der Waals surface area (Å²) in [5, 5.41) is 12.7. The lowest BCUT2D eigenvalue weighted by Gasteiger charge is -2.54. The number of aliphatic hydroxyl groups is 1. The number of carbonyl (C=O) groups is 1. The standard InChI is InChI=1S/C29H29N3O3/c33-26(16-24-21-3-1-2-4-22(21)25-17-30-18-32(24)25)28-8-11-29(12-9-28,13-10-28)27(34)35-20-6-5-19-7-14-31-23(19)15-20/h1-7,14-15,17-18,24,26,31,33H,8-13,16H2. The fraction of sp³-hybridized carbons (Fsp3) is 0.379. The molecule has 3 saturated carbocycles. The summed E-state index contributed by atoms with van der Waals surface area (Å²) in [6, 6.07) is 16.3. The number of esters is 1. The minimum atomic E-state index is -0.427. The van der Waals surface area contributed by atoms with Gasteiger partial charge in [-0.15, -0.1) is 0 Å². The number of rotatable bonds is 5. The lowest BCUT2D eigenvalue weighted by molar-refractivity contribution is -0.162. The number of ether oxygens (including phenoxy) is 1. The molecule has 178 valence electrons. The van der Waals surface area contributed by atoms with Gasteiger partial charge < -0.3 is 19.4 Å². The van der Waals surface area contributed by atoms with Gasteiger partial charge in [-0.1, -0.05) is 24.3 Å². The van der Waals surface area contributed by atoms with E-state index in [4.69, 9.17) is 4.74 Å². The van der Waals surface area contributed by atoms with Crippen molar-refractivity contribution in [2.75, 3.05) is 0 Å². The number of benzene rings is 2. The highest BCUT2D eigenvalue weighted by Crippen LogP contribution is 2.60. The van der Waals surface area contributed by atoms with E-state index < -0.39 is 11.5 Å². The van der Waals surface area contributed by atoms with Gasteiger partial charge in [-0.25, -0.2) is 4.98 Å². The van der Waals surface area contributed by atoms with Crippen LogP contribution in [-0.4, -0.2) is 31.7 Å². The second kappa shape index (κ2) is 7.56. The highest BCUT2D eigenvalue weighted by Gasteiger charge is 2.56. The third-order valence-electron chi connectivity index (χ3n) is 9.23. The van der Waals surface area contributed by atoms with Crippen LogP contribution in [0.2, 0.25) is 0 Å². The first-order valence-electron chi connectivity index (χ1n) is 12.7. The number of aromatic nitrogens is 3. The quantitative estimate of drug-likeness (QED) is 0.294. The monoisotopic (exact) mass is 467 g/mol. The summed E-state index contributed by atoms with van der Waals surface area (Å²) >= 11 is 0. The number of aliphatic hydroxyl groups excluding tert-OH is 1. The Bertz CT molecular complexity index is 1410. The van der Waals surface area contributed by atoms with Crippen LogP contribution in [0.25, 0.3) is 22.2 Å². The Morgan fingerprint density at radius 3 is 2.74 bits per heavy atom. The number of hydrogen-bond donors (Lipinski definition) is 2. The number of fused-ring (bicyclic) bond motifs is 7. The smallest absolute Gasteiger partial charge is 0.317 e. The molecule has 4 aliphatic rings. The third kappa shape index (κ3) is 3.12. The molecule has 6 heteroatoms. The second-order valence-electron chi connectivity index (χ2n) is 10.8. The molecule has 3 heterocycles. The number of nitrogens with one attached hydrogen (secondary N) is 1. The van der Waals surface area contributed by atoms with Crippen molar-refractivity contribution < 1.29 is 14.6 Å². The van der Waals surface area contributed by atoms with Crippen LogP contribution in [-0.2, 0) is 4.79 Å². The zero-order valence-corrected chi connectivity index (χ0v) is 19.6. The number of carbonyl (C=O) groups excluding carboxylic acids is 1. The maximum absolute atomic E-state index is 13.3. The molecule has 1 aliphatic heterocycles. The third-order valence-corrected chi connectivity index (χ3v) is 9.23. The van der Waals surface area contributed by atoms with E-state index in [2.05, 4.69) is 38.8 Å². The largest absolute Gasteiger partial charge is 0.426 e. The van der Waals surface area contributed by atoms with Crippen LogP contribution < -0.4 is 4.74 Å². The summed E-state index contributed by atoms with van der Waals surface area (Å²) in [6.45, 7) is 0. The van der Waals surface area contributed by atoms with Crippen molar-refractivity contribution in [3.05, 3.63) is 72.8 Å². The van der Waals surface area contributed by atoms with E-state index in [-0.39, 0.29) is 17.4 Å². The van der Waals surface area contributed by atoms with Gasteiger partial charge in [0.05, 0.1) is 35.8 Å². The van der Waals surface area contributed by atoms with Gasteiger partial charge in [0.25, 0.3) is 0 Å². The molecule has 3 fully saturated rings. The molecular formula is C29H29N3O3. The summed E-state index contributed by atoms with van der Waals surface area (Å²) < 4.78 is 8.10. The highest BCUT2D eigenvalue weighted by atomic mass is 16.5. The lowest BCUT2D eigenvalue weighted by atomic mass is 9.51. The number of H-pyrrole nitrogens is 1. The van der Waals surface area contributed by atoms with Gasteiger partial charge in [0.2, 0.25) is 0 Å². The van der Waals surface area contributed by atoms with Crippen molar-refractivity contribution >= 4 is 16.9 Å². The topological polar surface area (TPSA) is 80.1 Å². The summed E-state index contributed by atoms with van der Waals surface area (Å²) in [5.74, 6) is 0.483. The van der Waals surface area contributed by atoms with E-state index in [1.807, 2.05) is 43.0 Å². The number of imidazole rings is 1. The SMILES string of the molecule is O=C(Oc1ccc2cc[nH]c2c1)C12CCC(C(O)CC3c4ccccc4-c4cncn43)(CC1)CC2. The van der Waals surface area contributed by atoms with Crippen molar-refractivity contribution in [1.82, 2.24) is 14.5 Å². The van der Waals surface area contributed by atoms with E-state index in [0.717, 1.165) is 55.1 Å². The van der Waals surface area contributed by atoms with E-state index >= 15 is 0 Å². The molecule has 2 unspecified atom stereocenters. The van der Waals surface area contributed by atoms with Crippen molar-refractivity contribution in [1.29, 1.82) is 0 Å². The Morgan fingerprint density at radius 2 is 1.91 bits per heavy atom. The van der Waals surface area contributed by atoms with Crippen molar-refractivity contribution in [2.45, 2.75) is 57.1 Å². The summed E-state index contributed by atoms with van der Waals surface area (Å²) in [6.07, 6.45) is 10.9. The molecule has 2 aromatic carbocycles. The molecule has 2 atom stereocenters. The van der Waals surface area contributed by atoms with Crippen LogP contribution in [0.1, 0.15) is 56.6 Å². The first-order chi connectivity index (χ1) is 17.1. The molecule has 0 spiro atoms. The predicted molar refractivity (Wildman–Crippen MR) is 133 cm³/mol. The van der Waals surface area contributed by atoms with Crippen molar-refractivity contribution in [3.63, 3.8) is 0 Å².